The van der Waals surface area contributed by atoms with Crippen LogP contribution in [0.1, 0.15) is 336 Å². The van der Waals surface area contributed by atoms with Gasteiger partial charge in [0.2, 0.25) is 11.8 Å². The van der Waals surface area contributed by atoms with Crippen molar-refractivity contribution in [2.75, 3.05) is 0 Å². The topological polar surface area (TPSA) is 81.1 Å². The van der Waals surface area contributed by atoms with E-state index in [1.807, 2.05) is 0 Å². The zero-order valence-corrected chi connectivity index (χ0v) is 68.7. The third kappa shape index (κ3) is 11.1. The number of rotatable bonds is 18. The summed E-state index contributed by atoms with van der Waals surface area (Å²) in [6, 6.07) is 57.7. The van der Waals surface area contributed by atoms with Crippen LogP contribution in [0.5, 0.6) is 0 Å². The van der Waals surface area contributed by atoms with E-state index in [0.29, 0.717) is 12.8 Å². The Morgan fingerprint density at radius 2 is 0.368 bits per heavy atom. The summed E-state index contributed by atoms with van der Waals surface area (Å²) in [7, 11) is 0. The zero-order valence-electron chi connectivity index (χ0n) is 68.7. The number of carbonyl (C=O) groups is 2. The molecule has 6 aromatic rings. The third-order valence-electron chi connectivity index (χ3n) is 39.8. The Labute approximate surface area is 681 Å². The molecule has 6 nitrogen and oxygen atoms in total. The smallest absolute Gasteiger partial charge is 0.247 e. The van der Waals surface area contributed by atoms with Gasteiger partial charge in [-0.25, -0.2) is 10.1 Å². The summed E-state index contributed by atoms with van der Waals surface area (Å²) in [5, 5.41) is 29.4. The number of benzene rings is 6. The van der Waals surface area contributed by atoms with Gasteiger partial charge < -0.3 is 0 Å². The van der Waals surface area contributed by atoms with E-state index in [0.717, 1.165) is 163 Å². The van der Waals surface area contributed by atoms with Gasteiger partial charge in [-0.1, -0.05) is 158 Å². The molecule has 25 aliphatic carbocycles. The first-order chi connectivity index (χ1) is 55.5. The summed E-state index contributed by atoms with van der Waals surface area (Å²) >= 11 is 0. The Balaban J connectivity index is 0.591. The first kappa shape index (κ1) is 71.1. The maximum Gasteiger partial charge on any atom is 0.247 e. The number of nitrogens with zero attached hydrogens (tertiary/aromatic N) is 2. The molecule has 2 N–H and O–H groups in total. The van der Waals surface area contributed by atoms with E-state index in [4.69, 9.17) is 0 Å². The van der Waals surface area contributed by atoms with Gasteiger partial charge in [-0.3, -0.25) is 20.0 Å². The van der Waals surface area contributed by atoms with E-state index in [2.05, 4.69) is 146 Å². The second-order valence-corrected chi connectivity index (χ2v) is 46.7. The van der Waals surface area contributed by atoms with Crippen LogP contribution in [0.2, 0.25) is 0 Å². The van der Waals surface area contributed by atoms with Crippen molar-refractivity contribution in [1.29, 1.82) is 0 Å². The lowest BCUT2D eigenvalue weighted by Crippen LogP contribution is -2.56. The van der Waals surface area contributed by atoms with Crippen molar-refractivity contribution in [2.24, 2.45) is 107 Å². The lowest BCUT2D eigenvalue weighted by Gasteiger charge is -2.57. The summed E-state index contributed by atoms with van der Waals surface area (Å²) < 4.78 is 0. The molecule has 0 radical (unpaired) electrons. The molecular formula is C108H130N2O4. The Hall–Kier alpha value is -5.82. The van der Waals surface area contributed by atoms with E-state index in [-0.39, 0.29) is 57.1 Å². The minimum atomic E-state index is -0.974. The van der Waals surface area contributed by atoms with Gasteiger partial charge in [-0.2, -0.15) is 0 Å². The van der Waals surface area contributed by atoms with Crippen LogP contribution in [0.15, 0.2) is 146 Å². The molecule has 6 aromatic carbocycles. The summed E-state index contributed by atoms with van der Waals surface area (Å²) in [6.45, 7) is 0. The number of hydrogen-bond donors (Lipinski definition) is 2. The second kappa shape index (κ2) is 25.9. The molecule has 31 rings (SSSR count). The highest BCUT2D eigenvalue weighted by Crippen LogP contribution is 2.68. The molecule has 0 aliphatic heterocycles. The van der Waals surface area contributed by atoms with Crippen molar-refractivity contribution in [3.63, 3.8) is 0 Å². The van der Waals surface area contributed by atoms with Gasteiger partial charge in [-0.15, -0.1) is 0 Å². The van der Waals surface area contributed by atoms with Crippen LogP contribution in [0.4, 0.5) is 0 Å². The Morgan fingerprint density at radius 3 is 0.500 bits per heavy atom. The van der Waals surface area contributed by atoms with E-state index >= 15 is 9.59 Å². The highest BCUT2D eigenvalue weighted by atomic mass is 16.5. The lowest BCUT2D eigenvalue weighted by atomic mass is 9.48. The number of amides is 2. The largest absolute Gasteiger partial charge is 0.286 e. The molecule has 24 bridgehead atoms. The quantitative estimate of drug-likeness (QED) is 0.0510. The predicted octanol–water partition coefficient (Wildman–Crippen LogP) is 24.4. The van der Waals surface area contributed by atoms with Gasteiger partial charge in [0.15, 0.2) is 0 Å². The average molecular weight is 1520 g/mol. The maximum atomic E-state index is 16.8. The van der Waals surface area contributed by atoms with Crippen molar-refractivity contribution in [1.82, 2.24) is 10.1 Å². The molecule has 0 heterocycles. The van der Waals surface area contributed by atoms with Gasteiger partial charge in [0, 0.05) is 12.8 Å². The van der Waals surface area contributed by atoms with Crippen LogP contribution >= 0.6 is 0 Å². The minimum absolute atomic E-state index is 0.0110. The third-order valence-corrected chi connectivity index (χ3v) is 39.8. The summed E-state index contributed by atoms with van der Waals surface area (Å²) in [6.07, 6.45) is 51.2. The van der Waals surface area contributed by atoms with Gasteiger partial charge in [0.1, 0.15) is 0 Å². The molecule has 596 valence electrons. The van der Waals surface area contributed by atoms with Gasteiger partial charge in [0.25, 0.3) is 0 Å². The van der Waals surface area contributed by atoms with Crippen molar-refractivity contribution in [3.8, 4) is 0 Å². The van der Waals surface area contributed by atoms with Crippen LogP contribution in [0.25, 0.3) is 0 Å². The highest BCUT2D eigenvalue weighted by molar-refractivity contribution is 5.82. The molecule has 25 fully saturated rings. The standard InChI is InChI=1S/C108H130N2O4/c111-99(65-107(91-17-5-85(6-18-91)101-47-67-29-68(48-101)31-69(30-67)49-101,92-19-7-86(8-20-92)102-50-70-32-71(51-102)34-72(33-70)52-102)93-21-9-87(10-22-93)103-53-73-35-74(54-103)37-75(36-73)55-103)109(113)97-3-1-2-4-98(97)110(114)100(112)66-108(94-23-11-88(12-24-94)104-56-76-38-77(57-104)40-78(39-76)58-104,95-25-13-89(14-26-95)105-59-79-41-80(60-105)43-81(42-79)61-105)96-27-15-90(16-28-96)106-62-82-44-83(63-106)46-84(45-82)64-106/h5-28,67-84,97-98,113-114H,1-4,29-66H2/t67?,68?,69?,70?,71?,72?,73?,74?,75?,76?,77?,78?,79?,80?,81?,82?,83?,84?,97-,98-,101?,102?,103?,104?,105?,106?,107?,108?/m1/s1. The van der Waals surface area contributed by atoms with Crippen LogP contribution in [-0.2, 0) is 52.9 Å². The molecule has 0 aromatic heterocycles. The molecule has 25 aliphatic rings. The van der Waals surface area contributed by atoms with Crippen molar-refractivity contribution in [2.45, 2.75) is 325 Å². The fraction of sp³-hybridized carbons (Fsp3) is 0.648. The molecule has 25 saturated carbocycles. The minimum Gasteiger partial charge on any atom is -0.286 e. The lowest BCUT2D eigenvalue weighted by molar-refractivity contribution is -0.214. The van der Waals surface area contributed by atoms with E-state index in [1.54, 1.807) is 0 Å². The Bertz CT molecular complexity index is 3780. The first-order valence-electron chi connectivity index (χ1n) is 48.2. The number of carbonyl (C=O) groups excluding carboxylic acids is 2. The molecule has 2 atom stereocenters. The molecule has 2 amide bonds. The van der Waals surface area contributed by atoms with E-state index in [9.17, 15) is 10.4 Å². The Kier molecular flexibility index (Phi) is 16.1. The SMILES string of the molecule is O=C(CC(c1ccc(C23CC4CC(CC(C4)C2)C3)cc1)(c1ccc(C23CC4CC(CC(C4)C2)C3)cc1)c1ccc(C23CC4CC(CC(C4)C2)C3)cc1)N(O)[C@@H]1CCCC[C@H]1N(O)C(=O)CC(c1ccc(C23CC4CC(CC(C4)C2)C3)cc1)(c1ccc(C23CC4CC(CC(C4)C2)C3)cc1)c1ccc(C23CC4CC(CC(C4)C2)C3)cc1. The average Bonchev–Trinajstić information content (AvgIpc) is 0.709. The van der Waals surface area contributed by atoms with Gasteiger partial charge in [0.05, 0.1) is 22.9 Å². The molecule has 0 spiro atoms. The summed E-state index contributed by atoms with van der Waals surface area (Å²) in [5.41, 5.74) is 14.9. The molecule has 0 unspecified atom stereocenters. The molecule has 6 heteroatoms. The normalized spacial score (nSPS) is 43.7. The zero-order chi connectivity index (χ0) is 75.5. The molecule has 114 heavy (non-hydrogen) atoms. The van der Waals surface area contributed by atoms with Crippen molar-refractivity contribution in [3.05, 3.63) is 212 Å². The Morgan fingerprint density at radius 1 is 0.237 bits per heavy atom. The van der Waals surface area contributed by atoms with Gasteiger partial charge in [-0.05, 0) is 450 Å². The van der Waals surface area contributed by atoms with E-state index in [1.165, 1.54) is 265 Å². The van der Waals surface area contributed by atoms with Crippen molar-refractivity contribution < 1.29 is 20.0 Å². The monoisotopic (exact) mass is 1520 g/mol. The van der Waals surface area contributed by atoms with E-state index < -0.39 is 22.9 Å². The number of hydrogen-bond acceptors (Lipinski definition) is 4. The number of hydroxylamine groups is 4. The molecule has 0 saturated heterocycles. The first-order valence-corrected chi connectivity index (χ1v) is 48.2. The summed E-state index contributed by atoms with van der Waals surface area (Å²) in [4.78, 5) is 33.5. The fourth-order valence-corrected chi connectivity index (χ4v) is 37.7. The van der Waals surface area contributed by atoms with Crippen molar-refractivity contribution >= 4 is 11.8 Å². The maximum absolute atomic E-state index is 16.8. The van der Waals surface area contributed by atoms with Gasteiger partial charge >= 0.3 is 0 Å². The van der Waals surface area contributed by atoms with Crippen LogP contribution < -0.4 is 0 Å². The van der Waals surface area contributed by atoms with Crippen LogP contribution in [0.3, 0.4) is 0 Å². The summed E-state index contributed by atoms with van der Waals surface area (Å²) in [5.74, 6) is 14.2. The van der Waals surface area contributed by atoms with Crippen LogP contribution in [-0.4, -0.2) is 44.4 Å². The predicted molar refractivity (Wildman–Crippen MR) is 450 cm³/mol. The molecular weight excluding hydrogens is 1390 g/mol. The highest BCUT2D eigenvalue weighted by Gasteiger charge is 2.60. The second-order valence-electron chi connectivity index (χ2n) is 46.7. The van der Waals surface area contributed by atoms with Crippen LogP contribution in [0, 0.1) is 107 Å². The fourth-order valence-electron chi connectivity index (χ4n) is 37.7.